The van der Waals surface area contributed by atoms with Crippen molar-refractivity contribution in [3.63, 3.8) is 0 Å². The number of aromatic hydroxyl groups is 2. The van der Waals surface area contributed by atoms with Crippen molar-refractivity contribution in [3.05, 3.63) is 58.3 Å². The predicted octanol–water partition coefficient (Wildman–Crippen LogP) is 2.83. The van der Waals surface area contributed by atoms with E-state index in [1.54, 1.807) is 0 Å². The van der Waals surface area contributed by atoms with Crippen LogP contribution >= 0.6 is 0 Å². The zero-order chi connectivity index (χ0) is 19.0. The first-order valence-corrected chi connectivity index (χ1v) is 9.00. The lowest BCUT2D eigenvalue weighted by Crippen LogP contribution is -2.35. The zero-order valence-electron chi connectivity index (χ0n) is 14.8. The van der Waals surface area contributed by atoms with Gasteiger partial charge < -0.3 is 19.7 Å². The summed E-state index contributed by atoms with van der Waals surface area (Å²) in [4.78, 5) is 14.7. The van der Waals surface area contributed by atoms with Crippen LogP contribution in [0.15, 0.2) is 51.7 Å². The van der Waals surface area contributed by atoms with Gasteiger partial charge in [-0.2, -0.15) is 0 Å². The third-order valence-electron chi connectivity index (χ3n) is 5.06. The van der Waals surface area contributed by atoms with Crippen molar-refractivity contribution in [1.29, 1.82) is 0 Å². The first-order chi connectivity index (χ1) is 13.0. The van der Waals surface area contributed by atoms with Crippen LogP contribution < -0.4 is 5.43 Å². The second kappa shape index (κ2) is 7.06. The van der Waals surface area contributed by atoms with Gasteiger partial charge in [-0.05, 0) is 12.8 Å². The number of piperidine rings is 1. The van der Waals surface area contributed by atoms with Crippen molar-refractivity contribution in [2.45, 2.75) is 25.5 Å². The maximum atomic E-state index is 12.6. The van der Waals surface area contributed by atoms with Gasteiger partial charge in [0, 0.05) is 37.3 Å². The van der Waals surface area contributed by atoms with Gasteiger partial charge in [0.15, 0.2) is 11.0 Å². The highest BCUT2D eigenvalue weighted by atomic mass is 16.3. The molecular weight excluding hydrogens is 346 g/mol. The molecule has 2 heterocycles. The van der Waals surface area contributed by atoms with Gasteiger partial charge in [-0.15, -0.1) is 0 Å². The summed E-state index contributed by atoms with van der Waals surface area (Å²) < 4.78 is 5.99. The van der Waals surface area contributed by atoms with Crippen molar-refractivity contribution in [1.82, 2.24) is 4.90 Å². The second-order valence-corrected chi connectivity index (χ2v) is 6.95. The standard InChI is InChI=1S/C21H21NO5/c23-14-6-8-22(9-7-14)12-15-16(24)10-17(25)20-18(26)11-19(27-21(15)20)13-4-2-1-3-5-13/h1-5,10-11,14,23-25H,6-9,12H2. The molecule has 1 aliphatic heterocycles. The molecule has 0 saturated carbocycles. The number of likely N-dealkylation sites (tertiary alicyclic amines) is 1. The number of aliphatic hydroxyl groups excluding tert-OH is 1. The monoisotopic (exact) mass is 367 g/mol. The normalized spacial score (nSPS) is 16.0. The molecule has 2 aromatic carbocycles. The summed E-state index contributed by atoms with van der Waals surface area (Å²) >= 11 is 0. The van der Waals surface area contributed by atoms with Crippen LogP contribution in [0.4, 0.5) is 0 Å². The van der Waals surface area contributed by atoms with Crippen molar-refractivity contribution >= 4 is 11.0 Å². The minimum absolute atomic E-state index is 0.0690. The lowest BCUT2D eigenvalue weighted by Gasteiger charge is -2.29. The van der Waals surface area contributed by atoms with E-state index in [9.17, 15) is 20.1 Å². The number of rotatable bonds is 3. The molecule has 6 heteroatoms. The molecular formula is C21H21NO5. The molecule has 3 N–H and O–H groups in total. The van der Waals surface area contributed by atoms with Crippen molar-refractivity contribution < 1.29 is 19.7 Å². The van der Waals surface area contributed by atoms with E-state index in [0.29, 0.717) is 43.8 Å². The van der Waals surface area contributed by atoms with Crippen LogP contribution in [0, 0.1) is 0 Å². The molecule has 0 bridgehead atoms. The van der Waals surface area contributed by atoms with Gasteiger partial charge in [-0.3, -0.25) is 9.69 Å². The summed E-state index contributed by atoms with van der Waals surface area (Å²) in [6, 6.07) is 11.8. The number of nitrogens with zero attached hydrogens (tertiary/aromatic N) is 1. The number of phenols is 2. The van der Waals surface area contributed by atoms with E-state index in [1.807, 2.05) is 30.3 Å². The summed E-state index contributed by atoms with van der Waals surface area (Å²) in [5, 5.41) is 30.4. The minimum Gasteiger partial charge on any atom is -0.507 e. The first-order valence-electron chi connectivity index (χ1n) is 9.00. The van der Waals surface area contributed by atoms with Gasteiger partial charge in [0.05, 0.1) is 11.7 Å². The van der Waals surface area contributed by atoms with Crippen LogP contribution in [0.2, 0.25) is 0 Å². The molecule has 0 unspecified atom stereocenters. The molecule has 0 radical (unpaired) electrons. The van der Waals surface area contributed by atoms with Crippen LogP contribution in [-0.4, -0.2) is 39.4 Å². The van der Waals surface area contributed by atoms with Gasteiger partial charge in [-0.1, -0.05) is 30.3 Å². The lowest BCUT2D eigenvalue weighted by atomic mass is 10.0. The van der Waals surface area contributed by atoms with Gasteiger partial charge in [0.1, 0.15) is 22.6 Å². The molecule has 27 heavy (non-hydrogen) atoms. The van der Waals surface area contributed by atoms with Crippen LogP contribution in [0.25, 0.3) is 22.3 Å². The Balaban J connectivity index is 1.84. The first kappa shape index (κ1) is 17.6. The fraction of sp³-hybridized carbons (Fsp3) is 0.286. The van der Waals surface area contributed by atoms with Gasteiger partial charge in [0.25, 0.3) is 0 Å². The number of hydrogen-bond acceptors (Lipinski definition) is 6. The van der Waals surface area contributed by atoms with E-state index in [2.05, 4.69) is 4.90 Å². The molecule has 140 valence electrons. The number of fused-ring (bicyclic) bond motifs is 1. The fourth-order valence-corrected chi connectivity index (χ4v) is 3.55. The Morgan fingerprint density at radius 2 is 1.74 bits per heavy atom. The van der Waals surface area contributed by atoms with Crippen LogP contribution in [0.1, 0.15) is 18.4 Å². The van der Waals surface area contributed by atoms with Gasteiger partial charge >= 0.3 is 0 Å². The van der Waals surface area contributed by atoms with Crippen molar-refractivity contribution in [3.8, 4) is 22.8 Å². The second-order valence-electron chi connectivity index (χ2n) is 6.95. The third-order valence-corrected chi connectivity index (χ3v) is 5.06. The Labute approximate surface area is 155 Å². The molecule has 3 aromatic rings. The molecule has 6 nitrogen and oxygen atoms in total. The van der Waals surface area contributed by atoms with E-state index < -0.39 is 0 Å². The number of benzene rings is 2. The van der Waals surface area contributed by atoms with E-state index in [-0.39, 0.29) is 34.0 Å². The molecule has 0 atom stereocenters. The number of hydrogen-bond donors (Lipinski definition) is 3. The Kier molecular flexibility index (Phi) is 4.59. The van der Waals surface area contributed by atoms with E-state index in [1.165, 1.54) is 12.1 Å². The average Bonchev–Trinajstić information content (AvgIpc) is 2.66. The van der Waals surface area contributed by atoms with Gasteiger partial charge in [0.2, 0.25) is 0 Å². The van der Waals surface area contributed by atoms with Crippen LogP contribution in [-0.2, 0) is 6.54 Å². The maximum absolute atomic E-state index is 12.6. The zero-order valence-corrected chi connectivity index (χ0v) is 14.8. The topological polar surface area (TPSA) is 94.1 Å². The fourth-order valence-electron chi connectivity index (χ4n) is 3.55. The molecule has 0 spiro atoms. The Morgan fingerprint density at radius 1 is 1.04 bits per heavy atom. The molecule has 0 aliphatic carbocycles. The highest BCUT2D eigenvalue weighted by Crippen LogP contribution is 2.36. The third kappa shape index (κ3) is 3.41. The molecule has 1 aromatic heterocycles. The van der Waals surface area contributed by atoms with E-state index in [0.717, 1.165) is 5.56 Å². The highest BCUT2D eigenvalue weighted by molar-refractivity contribution is 5.89. The smallest absolute Gasteiger partial charge is 0.197 e. The quantitative estimate of drug-likeness (QED) is 0.659. The molecule has 0 amide bonds. The van der Waals surface area contributed by atoms with Gasteiger partial charge in [-0.25, -0.2) is 0 Å². The molecule has 1 fully saturated rings. The van der Waals surface area contributed by atoms with E-state index >= 15 is 0 Å². The van der Waals surface area contributed by atoms with E-state index in [4.69, 9.17) is 4.42 Å². The van der Waals surface area contributed by atoms with Crippen LogP contribution in [0.5, 0.6) is 11.5 Å². The SMILES string of the molecule is O=c1cc(-c2ccccc2)oc2c(CN3CCC(O)CC3)c(O)cc(O)c12. The summed E-state index contributed by atoms with van der Waals surface area (Å²) in [7, 11) is 0. The largest absolute Gasteiger partial charge is 0.507 e. The summed E-state index contributed by atoms with van der Waals surface area (Å²) in [5.41, 5.74) is 1.05. The Bertz CT molecular complexity index is 1020. The Hall–Kier alpha value is -2.83. The summed E-state index contributed by atoms with van der Waals surface area (Å²) in [6.07, 6.45) is 1.03. The average molecular weight is 367 g/mol. The predicted molar refractivity (Wildman–Crippen MR) is 102 cm³/mol. The van der Waals surface area contributed by atoms with Crippen molar-refractivity contribution in [2.75, 3.05) is 13.1 Å². The Morgan fingerprint density at radius 3 is 2.44 bits per heavy atom. The van der Waals surface area contributed by atoms with Crippen LogP contribution in [0.3, 0.4) is 0 Å². The molecule has 1 saturated heterocycles. The lowest BCUT2D eigenvalue weighted by molar-refractivity contribution is 0.0790. The summed E-state index contributed by atoms with van der Waals surface area (Å²) in [6.45, 7) is 1.74. The summed E-state index contributed by atoms with van der Waals surface area (Å²) in [5.74, 6) is -0.0263. The highest BCUT2D eigenvalue weighted by Gasteiger charge is 2.23. The molecule has 4 rings (SSSR count). The number of phenolic OH excluding ortho intramolecular Hbond substituents is 2. The minimum atomic E-state index is -0.358. The maximum Gasteiger partial charge on any atom is 0.197 e. The number of aliphatic hydroxyl groups is 1. The molecule has 1 aliphatic rings. The van der Waals surface area contributed by atoms with Crippen molar-refractivity contribution in [2.24, 2.45) is 0 Å².